The van der Waals surface area contributed by atoms with Gasteiger partial charge in [-0.05, 0) is 26.0 Å². The zero-order valence-corrected chi connectivity index (χ0v) is 8.77. The van der Waals surface area contributed by atoms with E-state index in [4.69, 9.17) is 4.42 Å². The summed E-state index contributed by atoms with van der Waals surface area (Å²) >= 11 is 0. The lowest BCUT2D eigenvalue weighted by atomic mass is 10.2. The summed E-state index contributed by atoms with van der Waals surface area (Å²) in [6.45, 7) is 3.94. The molecule has 0 amide bonds. The highest BCUT2D eigenvalue weighted by Crippen LogP contribution is 2.18. The van der Waals surface area contributed by atoms with E-state index in [-0.39, 0.29) is 6.04 Å². The van der Waals surface area contributed by atoms with Crippen molar-refractivity contribution in [3.63, 3.8) is 0 Å². The molecule has 78 valence electrons. The fraction of sp³-hybridized carbons (Fsp3) is 0.273. The van der Waals surface area contributed by atoms with Gasteiger partial charge in [-0.2, -0.15) is 0 Å². The van der Waals surface area contributed by atoms with Crippen LogP contribution in [0.4, 0.5) is 5.82 Å². The predicted molar refractivity (Wildman–Crippen MR) is 57.5 cm³/mol. The zero-order chi connectivity index (χ0) is 10.7. The van der Waals surface area contributed by atoms with Gasteiger partial charge in [-0.1, -0.05) is 0 Å². The molecule has 0 aromatic carbocycles. The third kappa shape index (κ3) is 2.15. The van der Waals surface area contributed by atoms with E-state index in [1.54, 1.807) is 18.7 Å². The van der Waals surface area contributed by atoms with Crippen molar-refractivity contribution in [3.05, 3.63) is 42.2 Å². The van der Waals surface area contributed by atoms with Crippen molar-refractivity contribution in [2.24, 2.45) is 0 Å². The number of hydrogen-bond acceptors (Lipinski definition) is 4. The highest BCUT2D eigenvalue weighted by Gasteiger charge is 2.09. The lowest BCUT2D eigenvalue weighted by Crippen LogP contribution is -2.08. The Kier molecular flexibility index (Phi) is 2.67. The van der Waals surface area contributed by atoms with Crippen LogP contribution in [0.5, 0.6) is 0 Å². The van der Waals surface area contributed by atoms with E-state index < -0.39 is 0 Å². The van der Waals surface area contributed by atoms with Crippen molar-refractivity contribution in [1.29, 1.82) is 0 Å². The molecule has 4 heteroatoms. The fourth-order valence-corrected chi connectivity index (χ4v) is 1.36. The molecule has 0 aliphatic heterocycles. The van der Waals surface area contributed by atoms with Gasteiger partial charge in [0.25, 0.3) is 0 Å². The van der Waals surface area contributed by atoms with E-state index in [0.717, 1.165) is 17.3 Å². The molecular formula is C11H13N3O. The van der Waals surface area contributed by atoms with Gasteiger partial charge < -0.3 is 9.73 Å². The number of furan rings is 1. The highest BCUT2D eigenvalue weighted by atomic mass is 16.3. The topological polar surface area (TPSA) is 51.0 Å². The van der Waals surface area contributed by atoms with Crippen LogP contribution in [0.2, 0.25) is 0 Å². The molecule has 2 aromatic rings. The van der Waals surface area contributed by atoms with Gasteiger partial charge >= 0.3 is 0 Å². The van der Waals surface area contributed by atoms with Crippen molar-refractivity contribution in [2.45, 2.75) is 19.9 Å². The minimum atomic E-state index is 0.0930. The molecule has 1 unspecified atom stereocenters. The summed E-state index contributed by atoms with van der Waals surface area (Å²) in [7, 11) is 0. The molecule has 0 fully saturated rings. The number of nitrogens with zero attached hydrogens (tertiary/aromatic N) is 2. The molecular weight excluding hydrogens is 190 g/mol. The lowest BCUT2D eigenvalue weighted by Gasteiger charge is -2.12. The van der Waals surface area contributed by atoms with E-state index in [1.165, 1.54) is 0 Å². The highest BCUT2D eigenvalue weighted by molar-refractivity contribution is 5.40. The summed E-state index contributed by atoms with van der Waals surface area (Å²) in [5.74, 6) is 1.68. The Morgan fingerprint density at radius 3 is 2.80 bits per heavy atom. The first kappa shape index (κ1) is 9.71. The normalized spacial score (nSPS) is 12.4. The number of nitrogens with one attached hydrogen (secondary N) is 1. The maximum absolute atomic E-state index is 5.30. The third-order valence-corrected chi connectivity index (χ3v) is 2.20. The molecule has 0 saturated carbocycles. The molecule has 0 radical (unpaired) electrons. The average molecular weight is 203 g/mol. The number of anilines is 1. The second-order valence-electron chi connectivity index (χ2n) is 3.37. The molecule has 2 heterocycles. The molecule has 0 saturated heterocycles. The summed E-state index contributed by atoms with van der Waals surface area (Å²) in [6.07, 6.45) is 5.01. The largest absolute Gasteiger partial charge is 0.467 e. The maximum atomic E-state index is 5.30. The summed E-state index contributed by atoms with van der Waals surface area (Å²) < 4.78 is 5.30. The molecule has 4 nitrogen and oxygen atoms in total. The van der Waals surface area contributed by atoms with Crippen LogP contribution in [0, 0.1) is 6.92 Å². The first-order chi connectivity index (χ1) is 7.27. The monoisotopic (exact) mass is 203 g/mol. The van der Waals surface area contributed by atoms with Crippen LogP contribution in [-0.2, 0) is 0 Å². The fourth-order valence-electron chi connectivity index (χ4n) is 1.36. The van der Waals surface area contributed by atoms with Gasteiger partial charge in [0, 0.05) is 12.4 Å². The summed E-state index contributed by atoms with van der Waals surface area (Å²) in [5, 5.41) is 3.25. The van der Waals surface area contributed by atoms with Crippen LogP contribution in [0.25, 0.3) is 0 Å². The van der Waals surface area contributed by atoms with Crippen molar-refractivity contribution in [1.82, 2.24) is 9.97 Å². The molecule has 1 N–H and O–H groups in total. The van der Waals surface area contributed by atoms with Gasteiger partial charge in [0.15, 0.2) is 0 Å². The number of aromatic nitrogens is 2. The number of rotatable bonds is 3. The second kappa shape index (κ2) is 4.13. The average Bonchev–Trinajstić information content (AvgIpc) is 2.74. The van der Waals surface area contributed by atoms with Gasteiger partial charge in [-0.25, -0.2) is 4.98 Å². The van der Waals surface area contributed by atoms with Crippen LogP contribution in [0.3, 0.4) is 0 Å². The Bertz CT molecular complexity index is 425. The summed E-state index contributed by atoms with van der Waals surface area (Å²) in [5.41, 5.74) is 0.885. The summed E-state index contributed by atoms with van der Waals surface area (Å²) in [4.78, 5) is 8.37. The summed E-state index contributed by atoms with van der Waals surface area (Å²) in [6, 6.07) is 3.90. The van der Waals surface area contributed by atoms with E-state index in [9.17, 15) is 0 Å². The Morgan fingerprint density at radius 1 is 1.33 bits per heavy atom. The molecule has 0 spiro atoms. The third-order valence-electron chi connectivity index (χ3n) is 2.20. The standard InChI is InChI=1S/C11H13N3O/c1-8(10-4-3-7-15-10)14-11-9(2)12-5-6-13-11/h3-8H,1-2H3,(H,13,14). The molecule has 0 bridgehead atoms. The minimum absolute atomic E-state index is 0.0930. The number of hydrogen-bond donors (Lipinski definition) is 1. The quantitative estimate of drug-likeness (QED) is 0.832. The van der Waals surface area contributed by atoms with Gasteiger partial charge in [-0.15, -0.1) is 0 Å². The zero-order valence-electron chi connectivity index (χ0n) is 8.77. The first-order valence-corrected chi connectivity index (χ1v) is 4.85. The van der Waals surface area contributed by atoms with Crippen molar-refractivity contribution in [3.8, 4) is 0 Å². The minimum Gasteiger partial charge on any atom is -0.467 e. The Morgan fingerprint density at radius 2 is 2.13 bits per heavy atom. The van der Waals surface area contributed by atoms with Crippen LogP contribution in [0.15, 0.2) is 35.2 Å². The van der Waals surface area contributed by atoms with Gasteiger partial charge in [0.2, 0.25) is 0 Å². The Hall–Kier alpha value is -1.84. The Labute approximate surface area is 88.4 Å². The maximum Gasteiger partial charge on any atom is 0.148 e. The Balaban J connectivity index is 2.13. The van der Waals surface area contributed by atoms with Gasteiger partial charge in [0.1, 0.15) is 11.6 Å². The van der Waals surface area contributed by atoms with Crippen LogP contribution in [-0.4, -0.2) is 9.97 Å². The predicted octanol–water partition coefficient (Wildman–Crippen LogP) is 2.55. The second-order valence-corrected chi connectivity index (χ2v) is 3.37. The van der Waals surface area contributed by atoms with Gasteiger partial charge in [0.05, 0.1) is 18.0 Å². The van der Waals surface area contributed by atoms with Crippen molar-refractivity contribution >= 4 is 5.82 Å². The molecule has 2 rings (SSSR count). The van der Waals surface area contributed by atoms with Crippen LogP contribution < -0.4 is 5.32 Å². The van der Waals surface area contributed by atoms with E-state index in [2.05, 4.69) is 15.3 Å². The van der Waals surface area contributed by atoms with Crippen molar-refractivity contribution < 1.29 is 4.42 Å². The van der Waals surface area contributed by atoms with Crippen molar-refractivity contribution in [2.75, 3.05) is 5.32 Å². The molecule has 0 aliphatic carbocycles. The van der Waals surface area contributed by atoms with E-state index in [1.807, 2.05) is 26.0 Å². The van der Waals surface area contributed by atoms with E-state index >= 15 is 0 Å². The lowest BCUT2D eigenvalue weighted by molar-refractivity contribution is 0.490. The molecule has 1 atom stereocenters. The molecule has 15 heavy (non-hydrogen) atoms. The van der Waals surface area contributed by atoms with Crippen LogP contribution >= 0.6 is 0 Å². The smallest absolute Gasteiger partial charge is 0.148 e. The van der Waals surface area contributed by atoms with E-state index in [0.29, 0.717) is 0 Å². The molecule has 2 aromatic heterocycles. The first-order valence-electron chi connectivity index (χ1n) is 4.85. The SMILES string of the molecule is Cc1nccnc1NC(C)c1ccco1. The molecule has 0 aliphatic rings. The van der Waals surface area contributed by atoms with Gasteiger partial charge in [-0.3, -0.25) is 4.98 Å². The van der Waals surface area contributed by atoms with Crippen LogP contribution in [0.1, 0.15) is 24.4 Å². The number of aryl methyl sites for hydroxylation is 1.